The average molecular weight is 398 g/mol. The van der Waals surface area contributed by atoms with E-state index in [1.807, 2.05) is 23.7 Å². The van der Waals surface area contributed by atoms with Gasteiger partial charge in [-0.15, -0.1) is 11.3 Å². The second-order valence-corrected chi connectivity index (χ2v) is 7.74. The Morgan fingerprint density at radius 2 is 2.16 bits per heavy atom. The fourth-order valence-corrected chi connectivity index (χ4v) is 4.02. The van der Waals surface area contributed by atoms with E-state index in [-0.39, 0.29) is 12.5 Å². The smallest absolute Gasteiger partial charge is 0.261 e. The van der Waals surface area contributed by atoms with Crippen molar-refractivity contribution in [2.75, 3.05) is 6.54 Å². The maximum absolute atomic E-state index is 12.2. The summed E-state index contributed by atoms with van der Waals surface area (Å²) in [5.41, 5.74) is 1.76. The number of amides is 1. The van der Waals surface area contributed by atoms with Crippen molar-refractivity contribution in [3.05, 3.63) is 50.4 Å². The van der Waals surface area contributed by atoms with E-state index in [9.17, 15) is 9.90 Å². The van der Waals surface area contributed by atoms with Gasteiger partial charge in [-0.25, -0.2) is 0 Å². The van der Waals surface area contributed by atoms with Crippen molar-refractivity contribution in [3.8, 4) is 0 Å². The molecule has 8 heteroatoms. The first-order valence-corrected chi connectivity index (χ1v) is 9.29. The molecule has 0 fully saturated rings. The monoisotopic (exact) mass is 397 g/mol. The van der Waals surface area contributed by atoms with Crippen molar-refractivity contribution >= 4 is 50.7 Å². The molecule has 5 nitrogen and oxygen atoms in total. The van der Waals surface area contributed by atoms with Crippen molar-refractivity contribution in [1.82, 2.24) is 15.1 Å². The van der Waals surface area contributed by atoms with Gasteiger partial charge in [0.1, 0.15) is 4.83 Å². The molecule has 0 spiro atoms. The lowest BCUT2D eigenvalue weighted by atomic mass is 10.2. The lowest BCUT2D eigenvalue weighted by molar-refractivity contribution is 0.0928. The summed E-state index contributed by atoms with van der Waals surface area (Å²) in [5, 5.41) is 18.7. The molecule has 0 aliphatic heterocycles. The van der Waals surface area contributed by atoms with E-state index < -0.39 is 6.10 Å². The van der Waals surface area contributed by atoms with E-state index in [4.69, 9.17) is 23.2 Å². The Labute approximate surface area is 159 Å². The molecule has 2 N–H and O–H groups in total. The van der Waals surface area contributed by atoms with Crippen LogP contribution in [0.1, 0.15) is 27.9 Å². The van der Waals surface area contributed by atoms with E-state index in [1.165, 1.54) is 11.3 Å². The predicted octanol–water partition coefficient (Wildman–Crippen LogP) is 3.87. The molecular formula is C17H17Cl2N3O2S. The van der Waals surface area contributed by atoms with Gasteiger partial charge in [-0.1, -0.05) is 29.3 Å². The van der Waals surface area contributed by atoms with Crippen LogP contribution in [0, 0.1) is 6.92 Å². The minimum absolute atomic E-state index is 0.197. The fourth-order valence-electron chi connectivity index (χ4n) is 2.47. The molecule has 1 atom stereocenters. The number of carbonyl (C=O) groups excluding carboxylic acids is 1. The first kappa shape index (κ1) is 18.2. The topological polar surface area (TPSA) is 67.2 Å². The summed E-state index contributed by atoms with van der Waals surface area (Å²) in [6, 6.07) is 7.20. The van der Waals surface area contributed by atoms with Gasteiger partial charge < -0.3 is 10.4 Å². The molecule has 2 heterocycles. The van der Waals surface area contributed by atoms with Gasteiger partial charge in [0.2, 0.25) is 0 Å². The van der Waals surface area contributed by atoms with Crippen molar-refractivity contribution < 1.29 is 9.90 Å². The van der Waals surface area contributed by atoms with Gasteiger partial charge in [0.05, 0.1) is 23.2 Å². The van der Waals surface area contributed by atoms with Gasteiger partial charge in [0, 0.05) is 22.0 Å². The number of benzene rings is 1. The van der Waals surface area contributed by atoms with Crippen LogP contribution in [-0.2, 0) is 6.54 Å². The minimum atomic E-state index is -0.581. The molecule has 1 unspecified atom stereocenters. The van der Waals surface area contributed by atoms with Gasteiger partial charge in [-0.05, 0) is 37.6 Å². The zero-order valence-electron chi connectivity index (χ0n) is 13.7. The quantitative estimate of drug-likeness (QED) is 0.686. The number of fused-ring (bicyclic) bond motifs is 1. The second kappa shape index (κ2) is 7.33. The van der Waals surface area contributed by atoms with Crippen LogP contribution in [0.5, 0.6) is 0 Å². The number of aryl methyl sites for hydroxylation is 1. The van der Waals surface area contributed by atoms with Crippen LogP contribution in [0.3, 0.4) is 0 Å². The lowest BCUT2D eigenvalue weighted by Crippen LogP contribution is -2.29. The maximum Gasteiger partial charge on any atom is 0.261 e. The highest BCUT2D eigenvalue weighted by atomic mass is 35.5. The largest absolute Gasteiger partial charge is 0.392 e. The Kier molecular flexibility index (Phi) is 5.34. The van der Waals surface area contributed by atoms with Crippen LogP contribution < -0.4 is 5.32 Å². The molecule has 0 radical (unpaired) electrons. The highest BCUT2D eigenvalue weighted by Crippen LogP contribution is 2.30. The average Bonchev–Trinajstić information content (AvgIpc) is 3.09. The molecule has 132 valence electrons. The van der Waals surface area contributed by atoms with Crippen LogP contribution in [0.15, 0.2) is 24.3 Å². The van der Waals surface area contributed by atoms with Crippen molar-refractivity contribution in [1.29, 1.82) is 0 Å². The number of aliphatic hydroxyl groups excluding tert-OH is 1. The second-order valence-electron chi connectivity index (χ2n) is 5.87. The first-order chi connectivity index (χ1) is 11.8. The zero-order chi connectivity index (χ0) is 18.1. The van der Waals surface area contributed by atoms with E-state index in [0.29, 0.717) is 21.5 Å². The lowest BCUT2D eigenvalue weighted by Gasteiger charge is -2.06. The van der Waals surface area contributed by atoms with E-state index in [1.54, 1.807) is 19.1 Å². The summed E-state index contributed by atoms with van der Waals surface area (Å²) < 4.78 is 1.84. The Morgan fingerprint density at radius 3 is 2.84 bits per heavy atom. The molecule has 1 aromatic carbocycles. The fraction of sp³-hybridized carbons (Fsp3) is 0.294. The van der Waals surface area contributed by atoms with Gasteiger partial charge in [0.15, 0.2) is 0 Å². The van der Waals surface area contributed by atoms with Gasteiger partial charge >= 0.3 is 0 Å². The number of rotatable bonds is 5. The summed E-state index contributed by atoms with van der Waals surface area (Å²) in [7, 11) is 0. The molecule has 3 aromatic rings. The number of thiophene rings is 1. The van der Waals surface area contributed by atoms with Crippen molar-refractivity contribution in [2.24, 2.45) is 0 Å². The molecule has 25 heavy (non-hydrogen) atoms. The number of hydrogen-bond acceptors (Lipinski definition) is 4. The molecule has 0 aliphatic carbocycles. The number of nitrogens with zero attached hydrogens (tertiary/aromatic N) is 2. The Balaban J connectivity index is 1.90. The Bertz CT molecular complexity index is 934. The van der Waals surface area contributed by atoms with Crippen LogP contribution in [0.2, 0.25) is 10.0 Å². The number of aliphatic hydroxyl groups is 1. The number of aromatic nitrogens is 2. The standard InChI is InChI=1S/C17H17Cl2N3O2S/c1-9(23)7-20-16(24)15-6-13-10(2)21-22(17(13)25-15)8-11-3-4-12(18)5-14(11)19/h3-6,9,23H,7-8H2,1-2H3,(H,20,24). The van der Waals surface area contributed by atoms with E-state index in [2.05, 4.69) is 10.4 Å². The van der Waals surface area contributed by atoms with E-state index in [0.717, 1.165) is 21.5 Å². The highest BCUT2D eigenvalue weighted by molar-refractivity contribution is 7.20. The van der Waals surface area contributed by atoms with Gasteiger partial charge in [0.25, 0.3) is 5.91 Å². The Hall–Kier alpha value is -1.60. The van der Waals surface area contributed by atoms with Crippen molar-refractivity contribution in [3.63, 3.8) is 0 Å². The van der Waals surface area contributed by atoms with Gasteiger partial charge in [-0.3, -0.25) is 9.48 Å². The third kappa shape index (κ3) is 3.98. The molecule has 0 saturated carbocycles. The van der Waals surface area contributed by atoms with Crippen LogP contribution in [-0.4, -0.2) is 33.4 Å². The summed E-state index contributed by atoms with van der Waals surface area (Å²) in [6.45, 7) is 4.25. The minimum Gasteiger partial charge on any atom is -0.392 e. The van der Waals surface area contributed by atoms with Crippen LogP contribution in [0.4, 0.5) is 0 Å². The summed E-state index contributed by atoms with van der Waals surface area (Å²) in [5.74, 6) is -0.197. The summed E-state index contributed by atoms with van der Waals surface area (Å²) >= 11 is 13.6. The van der Waals surface area contributed by atoms with E-state index >= 15 is 0 Å². The summed E-state index contributed by atoms with van der Waals surface area (Å²) in [4.78, 5) is 13.7. The number of halogens is 2. The molecule has 0 aliphatic rings. The van der Waals surface area contributed by atoms with Gasteiger partial charge in [-0.2, -0.15) is 5.10 Å². The van der Waals surface area contributed by atoms with Crippen LogP contribution >= 0.6 is 34.5 Å². The zero-order valence-corrected chi connectivity index (χ0v) is 16.0. The van der Waals surface area contributed by atoms with Crippen molar-refractivity contribution in [2.45, 2.75) is 26.5 Å². The number of hydrogen-bond donors (Lipinski definition) is 2. The number of nitrogens with one attached hydrogen (secondary N) is 1. The number of carbonyl (C=O) groups is 1. The van der Waals surface area contributed by atoms with Crippen LogP contribution in [0.25, 0.3) is 10.2 Å². The predicted molar refractivity (Wildman–Crippen MR) is 102 cm³/mol. The summed E-state index contributed by atoms with van der Waals surface area (Å²) in [6.07, 6.45) is -0.581. The highest BCUT2D eigenvalue weighted by Gasteiger charge is 2.17. The third-order valence-electron chi connectivity index (χ3n) is 3.72. The molecule has 3 rings (SSSR count). The first-order valence-electron chi connectivity index (χ1n) is 7.72. The normalized spacial score (nSPS) is 12.5. The third-order valence-corrected chi connectivity index (χ3v) is 5.46. The SMILES string of the molecule is Cc1nn(Cc2ccc(Cl)cc2Cl)c2sc(C(=O)NCC(C)O)cc12. The molecule has 2 aromatic heterocycles. The maximum atomic E-state index is 12.2. The molecular weight excluding hydrogens is 381 g/mol. The molecule has 0 saturated heterocycles. The molecule has 1 amide bonds. The Morgan fingerprint density at radius 1 is 1.40 bits per heavy atom. The molecule has 0 bridgehead atoms.